The van der Waals surface area contributed by atoms with Gasteiger partial charge in [0.05, 0.1) is 10.1 Å². The van der Waals surface area contributed by atoms with Crippen LogP contribution in [0.5, 0.6) is 0 Å². The number of anilines is 1. The summed E-state index contributed by atoms with van der Waals surface area (Å²) in [5.74, 6) is 0.563. The van der Waals surface area contributed by atoms with Crippen LogP contribution in [0, 0.1) is 0 Å². The number of hydrogen-bond acceptors (Lipinski definition) is 4. The van der Waals surface area contributed by atoms with Gasteiger partial charge in [-0.25, -0.2) is 9.97 Å². The topological polar surface area (TPSA) is 58.0 Å². The van der Waals surface area contributed by atoms with Crippen LogP contribution in [0.2, 0.25) is 0 Å². The molecule has 0 atom stereocenters. The van der Waals surface area contributed by atoms with Gasteiger partial charge in [-0.1, -0.05) is 0 Å². The number of nitrogens with zero attached hydrogens (tertiary/aromatic N) is 2. The third-order valence-electron chi connectivity index (χ3n) is 2.48. The Morgan fingerprint density at radius 2 is 2.07 bits per heavy atom. The summed E-state index contributed by atoms with van der Waals surface area (Å²) < 4.78 is 0.852. The van der Waals surface area contributed by atoms with Crippen LogP contribution >= 0.6 is 15.9 Å². The molecule has 0 unspecified atom stereocenters. The summed E-state index contributed by atoms with van der Waals surface area (Å²) in [6.45, 7) is 0.536. The van der Waals surface area contributed by atoms with Crippen molar-refractivity contribution < 1.29 is 5.11 Å². The minimum atomic E-state index is -0.531. The van der Waals surface area contributed by atoms with Gasteiger partial charge in [0.25, 0.3) is 0 Å². The highest BCUT2D eigenvalue weighted by atomic mass is 79.9. The second-order valence-electron chi connectivity index (χ2n) is 3.66. The zero-order valence-electron chi connectivity index (χ0n) is 7.70. The highest BCUT2D eigenvalue weighted by Gasteiger charge is 2.34. The number of rotatable bonds is 3. The number of halogens is 1. The SMILES string of the molecule is OC1(CNc2ncc(Br)cn2)CCC1. The van der Waals surface area contributed by atoms with Gasteiger partial charge in [-0.15, -0.1) is 0 Å². The highest BCUT2D eigenvalue weighted by molar-refractivity contribution is 9.10. The lowest BCUT2D eigenvalue weighted by molar-refractivity contribution is -0.0203. The van der Waals surface area contributed by atoms with Crippen LogP contribution in [0.15, 0.2) is 16.9 Å². The first kappa shape index (κ1) is 9.86. The van der Waals surface area contributed by atoms with Crippen molar-refractivity contribution in [1.29, 1.82) is 0 Å². The van der Waals surface area contributed by atoms with Crippen LogP contribution in [-0.2, 0) is 0 Å². The Hall–Kier alpha value is -0.680. The Balaban J connectivity index is 1.88. The molecule has 2 N–H and O–H groups in total. The molecule has 0 radical (unpaired) electrons. The fourth-order valence-electron chi connectivity index (χ4n) is 1.41. The summed E-state index contributed by atoms with van der Waals surface area (Å²) in [6, 6.07) is 0. The van der Waals surface area contributed by atoms with Crippen molar-refractivity contribution in [1.82, 2.24) is 9.97 Å². The molecule has 1 heterocycles. The molecule has 1 aromatic heterocycles. The summed E-state index contributed by atoms with van der Waals surface area (Å²) in [5.41, 5.74) is -0.531. The van der Waals surface area contributed by atoms with Crippen molar-refractivity contribution in [2.75, 3.05) is 11.9 Å². The Kier molecular flexibility index (Phi) is 2.69. The average molecular weight is 258 g/mol. The Bertz CT molecular complexity index is 310. The lowest BCUT2D eigenvalue weighted by Gasteiger charge is -2.36. The standard InChI is InChI=1S/C9H12BrN3O/c10-7-4-11-8(12-5-7)13-6-9(14)2-1-3-9/h4-5,14H,1-3,6H2,(H,11,12,13). The first-order valence-electron chi connectivity index (χ1n) is 4.62. The minimum absolute atomic E-state index is 0.531. The van der Waals surface area contributed by atoms with Gasteiger partial charge < -0.3 is 10.4 Å². The third-order valence-corrected chi connectivity index (χ3v) is 2.89. The molecule has 14 heavy (non-hydrogen) atoms. The highest BCUT2D eigenvalue weighted by Crippen LogP contribution is 2.31. The predicted molar refractivity (Wildman–Crippen MR) is 57.0 cm³/mol. The molecule has 1 fully saturated rings. The zero-order valence-corrected chi connectivity index (χ0v) is 9.29. The molecule has 0 saturated heterocycles. The second-order valence-corrected chi connectivity index (χ2v) is 4.57. The van der Waals surface area contributed by atoms with E-state index in [1.54, 1.807) is 12.4 Å². The van der Waals surface area contributed by atoms with Crippen LogP contribution in [0.1, 0.15) is 19.3 Å². The van der Waals surface area contributed by atoms with Gasteiger partial charge in [0.1, 0.15) is 0 Å². The van der Waals surface area contributed by atoms with E-state index in [1.165, 1.54) is 0 Å². The molecule has 2 rings (SSSR count). The Morgan fingerprint density at radius 3 is 2.57 bits per heavy atom. The fraction of sp³-hybridized carbons (Fsp3) is 0.556. The zero-order chi connectivity index (χ0) is 10.0. The fourth-order valence-corrected chi connectivity index (χ4v) is 1.61. The Labute approximate surface area is 90.9 Å². The summed E-state index contributed by atoms with van der Waals surface area (Å²) in [6.07, 6.45) is 6.22. The lowest BCUT2D eigenvalue weighted by atomic mass is 9.80. The summed E-state index contributed by atoms with van der Waals surface area (Å²) in [5, 5.41) is 12.8. The van der Waals surface area contributed by atoms with Crippen molar-refractivity contribution in [3.63, 3.8) is 0 Å². The van der Waals surface area contributed by atoms with E-state index in [1.807, 2.05) is 0 Å². The molecule has 1 aromatic rings. The van der Waals surface area contributed by atoms with Crippen molar-refractivity contribution in [2.24, 2.45) is 0 Å². The monoisotopic (exact) mass is 257 g/mol. The maximum absolute atomic E-state index is 9.80. The van der Waals surface area contributed by atoms with Gasteiger partial charge in [0, 0.05) is 18.9 Å². The van der Waals surface area contributed by atoms with Gasteiger partial charge in [-0.2, -0.15) is 0 Å². The normalized spacial score (nSPS) is 18.7. The largest absolute Gasteiger partial charge is 0.388 e. The molecule has 1 aliphatic carbocycles. The predicted octanol–water partition coefficient (Wildman–Crippen LogP) is 1.57. The summed E-state index contributed by atoms with van der Waals surface area (Å²) >= 11 is 3.26. The molecule has 76 valence electrons. The van der Waals surface area contributed by atoms with Crippen LogP contribution in [0.4, 0.5) is 5.95 Å². The molecule has 0 bridgehead atoms. The average Bonchev–Trinajstić information content (AvgIpc) is 2.14. The number of nitrogens with one attached hydrogen (secondary N) is 1. The van der Waals surface area contributed by atoms with E-state index < -0.39 is 5.60 Å². The quantitative estimate of drug-likeness (QED) is 0.863. The lowest BCUT2D eigenvalue weighted by Crippen LogP contribution is -2.43. The maximum Gasteiger partial charge on any atom is 0.222 e. The van der Waals surface area contributed by atoms with Gasteiger partial charge in [0.15, 0.2) is 0 Å². The molecule has 0 spiro atoms. The number of hydrogen-bond donors (Lipinski definition) is 2. The van der Waals surface area contributed by atoms with E-state index >= 15 is 0 Å². The number of aromatic nitrogens is 2. The first-order chi connectivity index (χ1) is 6.68. The van der Waals surface area contributed by atoms with Crippen LogP contribution in [0.25, 0.3) is 0 Å². The Morgan fingerprint density at radius 1 is 1.43 bits per heavy atom. The number of aliphatic hydroxyl groups is 1. The molecule has 0 aromatic carbocycles. The summed E-state index contributed by atoms with van der Waals surface area (Å²) in [4.78, 5) is 8.12. The van der Waals surface area contributed by atoms with Crippen molar-refractivity contribution >= 4 is 21.9 Å². The van der Waals surface area contributed by atoms with Gasteiger partial charge in [-0.05, 0) is 35.2 Å². The molecule has 0 amide bonds. The first-order valence-corrected chi connectivity index (χ1v) is 5.41. The van der Waals surface area contributed by atoms with Crippen molar-refractivity contribution in [3.8, 4) is 0 Å². The van der Waals surface area contributed by atoms with Crippen LogP contribution in [-0.4, -0.2) is 27.2 Å². The second kappa shape index (κ2) is 3.82. The third kappa shape index (κ3) is 2.22. The van der Waals surface area contributed by atoms with E-state index in [4.69, 9.17) is 0 Å². The van der Waals surface area contributed by atoms with Gasteiger partial charge in [0.2, 0.25) is 5.95 Å². The van der Waals surface area contributed by atoms with Crippen LogP contribution in [0.3, 0.4) is 0 Å². The van der Waals surface area contributed by atoms with Crippen LogP contribution < -0.4 is 5.32 Å². The van der Waals surface area contributed by atoms with Crippen molar-refractivity contribution in [3.05, 3.63) is 16.9 Å². The molecule has 5 heteroatoms. The van der Waals surface area contributed by atoms with Gasteiger partial charge >= 0.3 is 0 Å². The smallest absolute Gasteiger partial charge is 0.222 e. The van der Waals surface area contributed by atoms with E-state index in [2.05, 4.69) is 31.2 Å². The van der Waals surface area contributed by atoms with E-state index in [9.17, 15) is 5.11 Å². The minimum Gasteiger partial charge on any atom is -0.388 e. The van der Waals surface area contributed by atoms with E-state index in [-0.39, 0.29) is 0 Å². The molecule has 4 nitrogen and oxygen atoms in total. The van der Waals surface area contributed by atoms with Gasteiger partial charge in [-0.3, -0.25) is 0 Å². The van der Waals surface area contributed by atoms with E-state index in [0.717, 1.165) is 23.7 Å². The summed E-state index contributed by atoms with van der Waals surface area (Å²) in [7, 11) is 0. The van der Waals surface area contributed by atoms with Crippen molar-refractivity contribution in [2.45, 2.75) is 24.9 Å². The molecular formula is C9H12BrN3O. The van der Waals surface area contributed by atoms with E-state index in [0.29, 0.717) is 12.5 Å². The molecule has 1 aliphatic rings. The molecule has 1 saturated carbocycles. The molecule has 0 aliphatic heterocycles. The maximum atomic E-state index is 9.80. The molecular weight excluding hydrogens is 246 g/mol.